The van der Waals surface area contributed by atoms with E-state index in [1.807, 2.05) is 22.6 Å². The molecular formula is C6H7BINO3. The summed E-state index contributed by atoms with van der Waals surface area (Å²) in [6.45, 7) is 0. The molecule has 1 heterocycles. The number of halogens is 1. The van der Waals surface area contributed by atoms with Crippen molar-refractivity contribution in [2.24, 2.45) is 0 Å². The van der Waals surface area contributed by atoms with Gasteiger partial charge in [0.1, 0.15) is 9.45 Å². The summed E-state index contributed by atoms with van der Waals surface area (Å²) in [5.74, 6) is 0.543. The number of rotatable bonds is 2. The molecule has 1 aromatic rings. The molecule has 2 N–H and O–H groups in total. The Labute approximate surface area is 83.9 Å². The van der Waals surface area contributed by atoms with Crippen LogP contribution in [0.3, 0.4) is 0 Å². The Kier molecular flexibility index (Phi) is 3.30. The summed E-state index contributed by atoms with van der Waals surface area (Å²) in [6, 6.07) is 1.54. The van der Waals surface area contributed by atoms with E-state index < -0.39 is 7.12 Å². The highest BCUT2D eigenvalue weighted by Crippen LogP contribution is 2.14. The van der Waals surface area contributed by atoms with E-state index in [0.717, 1.165) is 0 Å². The normalized spacial score (nSPS) is 9.67. The van der Waals surface area contributed by atoms with Crippen LogP contribution in [0.4, 0.5) is 0 Å². The van der Waals surface area contributed by atoms with Crippen molar-refractivity contribution in [1.82, 2.24) is 4.98 Å². The summed E-state index contributed by atoms with van der Waals surface area (Å²) >= 11 is 2.00. The summed E-state index contributed by atoms with van der Waals surface area (Å²) < 4.78 is 5.64. The van der Waals surface area contributed by atoms with Crippen LogP contribution in [0.15, 0.2) is 12.3 Å². The number of methoxy groups -OCH3 is 1. The summed E-state index contributed by atoms with van der Waals surface area (Å²) in [7, 11) is 0.00981. The van der Waals surface area contributed by atoms with Gasteiger partial charge in [-0.25, -0.2) is 4.98 Å². The van der Waals surface area contributed by atoms with Crippen molar-refractivity contribution in [3.05, 3.63) is 16.0 Å². The molecule has 6 heteroatoms. The molecule has 0 atom stereocenters. The van der Waals surface area contributed by atoms with E-state index in [2.05, 4.69) is 4.98 Å². The van der Waals surface area contributed by atoms with Crippen molar-refractivity contribution >= 4 is 35.2 Å². The van der Waals surface area contributed by atoms with E-state index in [1.165, 1.54) is 13.3 Å². The minimum Gasteiger partial charge on any atom is -0.494 e. The number of pyridine rings is 1. The molecule has 0 spiro atoms. The first-order valence-corrected chi connectivity index (χ1v) is 4.28. The molecule has 0 fully saturated rings. The van der Waals surface area contributed by atoms with Gasteiger partial charge in [-0.3, -0.25) is 0 Å². The van der Waals surface area contributed by atoms with Crippen molar-refractivity contribution < 1.29 is 14.8 Å². The van der Waals surface area contributed by atoms with Gasteiger partial charge in [-0.05, 0) is 28.7 Å². The number of nitrogens with zero attached hydrogens (tertiary/aromatic N) is 1. The molecule has 0 aliphatic carbocycles. The van der Waals surface area contributed by atoms with Gasteiger partial charge >= 0.3 is 7.12 Å². The Morgan fingerprint density at radius 3 is 2.75 bits per heavy atom. The third kappa shape index (κ3) is 2.08. The van der Waals surface area contributed by atoms with Gasteiger partial charge in [0.05, 0.1) is 7.11 Å². The Morgan fingerprint density at radius 2 is 2.25 bits per heavy atom. The summed E-state index contributed by atoms with van der Waals surface area (Å²) in [6.07, 6.45) is 1.40. The highest BCUT2D eigenvalue weighted by Gasteiger charge is 2.13. The molecule has 0 unspecified atom stereocenters. The Hall–Kier alpha value is -0.335. The zero-order chi connectivity index (χ0) is 9.14. The topological polar surface area (TPSA) is 62.6 Å². The molecule has 0 saturated carbocycles. The van der Waals surface area contributed by atoms with Crippen molar-refractivity contribution in [2.45, 2.75) is 0 Å². The van der Waals surface area contributed by atoms with Gasteiger partial charge in [-0.1, -0.05) is 0 Å². The standard InChI is InChI=1S/C6H7BINO3/c1-12-5-2-4(7(10)11)3-9-6(5)8/h2-3,10-11H,1H3. The molecule has 0 aromatic carbocycles. The second-order valence-electron chi connectivity index (χ2n) is 2.14. The molecule has 1 aromatic heterocycles. The molecule has 0 aliphatic heterocycles. The van der Waals surface area contributed by atoms with Crippen LogP contribution in [0.5, 0.6) is 5.75 Å². The molecule has 4 nitrogen and oxygen atoms in total. The summed E-state index contributed by atoms with van der Waals surface area (Å²) in [5.41, 5.74) is 0.326. The van der Waals surface area contributed by atoms with Gasteiger partial charge in [0.2, 0.25) is 0 Å². The minimum atomic E-state index is -1.50. The maximum Gasteiger partial charge on any atom is 0.490 e. The van der Waals surface area contributed by atoms with Gasteiger partial charge in [-0.15, -0.1) is 0 Å². The van der Waals surface area contributed by atoms with Crippen molar-refractivity contribution in [3.8, 4) is 5.75 Å². The summed E-state index contributed by atoms with van der Waals surface area (Å²) in [5, 5.41) is 17.6. The molecule has 0 radical (unpaired) electrons. The highest BCUT2D eigenvalue weighted by atomic mass is 127. The van der Waals surface area contributed by atoms with E-state index in [-0.39, 0.29) is 0 Å². The molecule has 0 bridgehead atoms. The predicted octanol–water partition coefficient (Wildman–Crippen LogP) is -0.625. The molecule has 12 heavy (non-hydrogen) atoms. The number of hydrogen-bond acceptors (Lipinski definition) is 4. The fourth-order valence-corrected chi connectivity index (χ4v) is 1.24. The number of hydrogen-bond donors (Lipinski definition) is 2. The van der Waals surface area contributed by atoms with E-state index in [0.29, 0.717) is 14.9 Å². The Bertz CT molecular complexity index is 281. The third-order valence-electron chi connectivity index (χ3n) is 1.35. The van der Waals surface area contributed by atoms with Crippen LogP contribution in [0.25, 0.3) is 0 Å². The first-order chi connectivity index (χ1) is 5.65. The van der Waals surface area contributed by atoms with E-state index in [9.17, 15) is 0 Å². The van der Waals surface area contributed by atoms with Gasteiger partial charge in [0.25, 0.3) is 0 Å². The zero-order valence-electron chi connectivity index (χ0n) is 6.36. The Balaban J connectivity index is 3.05. The second-order valence-corrected chi connectivity index (χ2v) is 3.16. The average Bonchev–Trinajstić information content (AvgIpc) is 2.05. The number of aromatic nitrogens is 1. The maximum atomic E-state index is 8.79. The van der Waals surface area contributed by atoms with Crippen LogP contribution in [0.2, 0.25) is 0 Å². The van der Waals surface area contributed by atoms with Crippen LogP contribution < -0.4 is 10.2 Å². The van der Waals surface area contributed by atoms with Crippen molar-refractivity contribution in [1.29, 1.82) is 0 Å². The van der Waals surface area contributed by atoms with E-state index in [4.69, 9.17) is 14.8 Å². The first kappa shape index (κ1) is 9.75. The summed E-state index contributed by atoms with van der Waals surface area (Å²) in [4.78, 5) is 3.91. The van der Waals surface area contributed by atoms with E-state index >= 15 is 0 Å². The van der Waals surface area contributed by atoms with Crippen molar-refractivity contribution in [3.63, 3.8) is 0 Å². The quantitative estimate of drug-likeness (QED) is 0.430. The number of ether oxygens (including phenoxy) is 1. The molecule has 64 valence electrons. The Morgan fingerprint density at radius 1 is 1.58 bits per heavy atom. The zero-order valence-corrected chi connectivity index (χ0v) is 8.52. The van der Waals surface area contributed by atoms with Crippen LogP contribution in [-0.2, 0) is 0 Å². The fourth-order valence-electron chi connectivity index (χ4n) is 0.727. The minimum absolute atomic E-state index is 0.326. The lowest BCUT2D eigenvalue weighted by atomic mass is 9.82. The van der Waals surface area contributed by atoms with Crippen LogP contribution in [0.1, 0.15) is 0 Å². The average molecular weight is 279 g/mol. The maximum absolute atomic E-state index is 8.79. The monoisotopic (exact) mass is 279 g/mol. The lowest BCUT2D eigenvalue weighted by molar-refractivity contribution is 0.407. The van der Waals surface area contributed by atoms with Gasteiger partial charge in [0, 0.05) is 11.7 Å². The molecule has 0 saturated heterocycles. The fraction of sp³-hybridized carbons (Fsp3) is 0.167. The molecule has 0 amide bonds. The van der Waals surface area contributed by atoms with E-state index in [1.54, 1.807) is 6.07 Å². The SMILES string of the molecule is COc1cc(B(O)O)cnc1I. The van der Waals surface area contributed by atoms with Crippen LogP contribution in [0, 0.1) is 3.70 Å². The van der Waals surface area contributed by atoms with Crippen LogP contribution in [-0.4, -0.2) is 29.3 Å². The second kappa shape index (κ2) is 4.06. The molecule has 1 rings (SSSR count). The molecule has 0 aliphatic rings. The predicted molar refractivity (Wildman–Crippen MR) is 53.3 cm³/mol. The van der Waals surface area contributed by atoms with Gasteiger partial charge in [0.15, 0.2) is 0 Å². The van der Waals surface area contributed by atoms with Crippen molar-refractivity contribution in [2.75, 3.05) is 7.11 Å². The lowest BCUT2D eigenvalue weighted by Gasteiger charge is -2.04. The third-order valence-corrected chi connectivity index (χ3v) is 2.16. The highest BCUT2D eigenvalue weighted by molar-refractivity contribution is 14.1. The van der Waals surface area contributed by atoms with Gasteiger partial charge in [-0.2, -0.15) is 0 Å². The smallest absolute Gasteiger partial charge is 0.490 e. The lowest BCUT2D eigenvalue weighted by Crippen LogP contribution is -2.30. The first-order valence-electron chi connectivity index (χ1n) is 3.20. The molecular weight excluding hydrogens is 272 g/mol. The van der Waals surface area contributed by atoms with Gasteiger partial charge < -0.3 is 14.8 Å². The van der Waals surface area contributed by atoms with Crippen LogP contribution >= 0.6 is 22.6 Å². The largest absolute Gasteiger partial charge is 0.494 e.